The number of ether oxygens (including phenoxy) is 5. The van der Waals surface area contributed by atoms with Crippen molar-refractivity contribution in [3.8, 4) is 17.2 Å². The van der Waals surface area contributed by atoms with Crippen molar-refractivity contribution in [2.75, 3.05) is 28.4 Å². The molecule has 0 saturated carbocycles. The van der Waals surface area contributed by atoms with E-state index in [1.165, 1.54) is 0 Å². The summed E-state index contributed by atoms with van der Waals surface area (Å²) in [6.07, 6.45) is 1.31. The maximum absolute atomic E-state index is 12.7. The van der Waals surface area contributed by atoms with Crippen molar-refractivity contribution in [2.24, 2.45) is 0 Å². The summed E-state index contributed by atoms with van der Waals surface area (Å²) in [6.45, 7) is 2.00. The van der Waals surface area contributed by atoms with Crippen molar-refractivity contribution in [3.63, 3.8) is 0 Å². The average molecular weight is 497 g/mol. The molecule has 0 aromatic heterocycles. The third-order valence-electron chi connectivity index (χ3n) is 7.11. The third kappa shape index (κ3) is 3.82. The lowest BCUT2D eigenvalue weighted by atomic mass is 9.74. The van der Waals surface area contributed by atoms with Gasteiger partial charge >= 0.3 is 0 Å². The topological polar surface area (TPSA) is 63.2 Å². The Morgan fingerprint density at radius 3 is 1.78 bits per heavy atom. The first kappa shape index (κ1) is 24.4. The van der Waals surface area contributed by atoms with Crippen LogP contribution in [0.1, 0.15) is 35.3 Å². The minimum absolute atomic E-state index is 0.336. The first-order chi connectivity index (χ1) is 18.0. The molecule has 6 heteroatoms. The lowest BCUT2D eigenvalue weighted by Crippen LogP contribution is -2.39. The minimum Gasteiger partial charge on any atom is -0.497 e. The fourth-order valence-corrected chi connectivity index (χ4v) is 5.25. The molecule has 0 radical (unpaired) electrons. The van der Waals surface area contributed by atoms with Crippen LogP contribution >= 0.6 is 0 Å². The van der Waals surface area contributed by atoms with Crippen LogP contribution < -0.4 is 14.2 Å². The molecule has 188 valence electrons. The minimum atomic E-state index is -1.25. The second kappa shape index (κ2) is 9.66. The highest BCUT2D eigenvalue weighted by molar-refractivity contribution is 5.79. The Labute approximate surface area is 216 Å². The van der Waals surface area contributed by atoms with Crippen LogP contribution in [0.3, 0.4) is 0 Å². The first-order valence-electron chi connectivity index (χ1n) is 11.9. The van der Waals surface area contributed by atoms with Crippen molar-refractivity contribution in [1.29, 1.82) is 0 Å². The molecule has 0 bridgehead atoms. The van der Waals surface area contributed by atoms with Gasteiger partial charge in [-0.15, -0.1) is 0 Å². The summed E-state index contributed by atoms with van der Waals surface area (Å²) >= 11 is 0. The van der Waals surface area contributed by atoms with Crippen molar-refractivity contribution in [2.45, 2.75) is 18.6 Å². The highest BCUT2D eigenvalue weighted by Gasteiger charge is 2.49. The lowest BCUT2D eigenvalue weighted by molar-refractivity contribution is -0.0407. The maximum atomic E-state index is 12.7. The van der Waals surface area contributed by atoms with Crippen molar-refractivity contribution in [3.05, 3.63) is 112 Å². The Morgan fingerprint density at radius 1 is 0.757 bits per heavy atom. The number of carbonyl (C=O) groups excluding carboxylic acids is 1. The highest BCUT2D eigenvalue weighted by Crippen LogP contribution is 2.55. The molecule has 6 nitrogen and oxygen atoms in total. The molecule has 37 heavy (non-hydrogen) atoms. The molecule has 5 rings (SSSR count). The molecule has 0 saturated heterocycles. The summed E-state index contributed by atoms with van der Waals surface area (Å²) in [5.74, 6) is 4.98. The van der Waals surface area contributed by atoms with Gasteiger partial charge in [0.25, 0.3) is 0 Å². The van der Waals surface area contributed by atoms with Gasteiger partial charge in [-0.1, -0.05) is 30.3 Å². The lowest BCUT2D eigenvalue weighted by Gasteiger charge is -2.44. The SMILES string of the molecule is COC1=C(C)c2ccc(OC)cc2C2OC(c3ccc(OC)cc3)(c3ccc(OC)cc3)C(=C=O)C=C12. The Balaban J connectivity index is 1.81. The number of methoxy groups -OCH3 is 4. The Bertz CT molecular complexity index is 1390. The van der Waals surface area contributed by atoms with Gasteiger partial charge in [-0.25, -0.2) is 4.79 Å². The van der Waals surface area contributed by atoms with E-state index < -0.39 is 11.7 Å². The maximum Gasteiger partial charge on any atom is 0.155 e. The van der Waals surface area contributed by atoms with E-state index in [9.17, 15) is 4.79 Å². The first-order valence-corrected chi connectivity index (χ1v) is 11.9. The smallest absolute Gasteiger partial charge is 0.155 e. The summed E-state index contributed by atoms with van der Waals surface area (Å²) in [5.41, 5.74) is 4.26. The van der Waals surface area contributed by atoms with Crippen LogP contribution in [-0.4, -0.2) is 34.4 Å². The standard InChI is InChI=1S/C31H28O6/c1-19-26-15-14-25(35-4)17-27(26)30-28(29(19)36-5)16-22(18-32)31(37-30,20-6-10-23(33-2)11-7-20)21-8-12-24(34-3)13-9-21/h6-17,30H,1-5H3. The van der Waals surface area contributed by atoms with Gasteiger partial charge in [0, 0.05) is 5.57 Å². The van der Waals surface area contributed by atoms with Crippen LogP contribution in [0.4, 0.5) is 0 Å². The Kier molecular flexibility index (Phi) is 6.38. The molecule has 1 aliphatic carbocycles. The van der Waals surface area contributed by atoms with Crippen LogP contribution in [0.15, 0.2) is 89.7 Å². The van der Waals surface area contributed by atoms with Gasteiger partial charge in [0.2, 0.25) is 0 Å². The largest absolute Gasteiger partial charge is 0.497 e. The van der Waals surface area contributed by atoms with Crippen LogP contribution in [-0.2, 0) is 19.9 Å². The Morgan fingerprint density at radius 2 is 1.30 bits per heavy atom. The van der Waals surface area contributed by atoms with Gasteiger partial charge in [0.1, 0.15) is 35.1 Å². The third-order valence-corrected chi connectivity index (χ3v) is 7.11. The molecule has 1 atom stereocenters. The number of benzene rings is 3. The van der Waals surface area contributed by atoms with E-state index in [1.54, 1.807) is 28.4 Å². The molecule has 1 aliphatic heterocycles. The molecule has 3 aromatic rings. The van der Waals surface area contributed by atoms with Gasteiger partial charge < -0.3 is 23.7 Å². The number of hydrogen-bond donors (Lipinski definition) is 0. The van der Waals surface area contributed by atoms with E-state index in [4.69, 9.17) is 23.7 Å². The predicted octanol–water partition coefficient (Wildman–Crippen LogP) is 5.80. The van der Waals surface area contributed by atoms with E-state index in [2.05, 4.69) is 5.94 Å². The number of fused-ring (bicyclic) bond motifs is 3. The molecule has 1 heterocycles. The second-order valence-electron chi connectivity index (χ2n) is 8.86. The molecule has 0 fully saturated rings. The number of hydrogen-bond acceptors (Lipinski definition) is 6. The summed E-state index contributed by atoms with van der Waals surface area (Å²) in [5, 5.41) is 0. The summed E-state index contributed by atoms with van der Waals surface area (Å²) in [7, 11) is 6.50. The second-order valence-corrected chi connectivity index (χ2v) is 8.86. The molecule has 0 N–H and O–H groups in total. The van der Waals surface area contributed by atoms with E-state index in [-0.39, 0.29) is 0 Å². The normalized spacial score (nSPS) is 17.7. The van der Waals surface area contributed by atoms with Crippen LogP contribution in [0.25, 0.3) is 5.57 Å². The van der Waals surface area contributed by atoms with Gasteiger partial charge in [-0.3, -0.25) is 0 Å². The zero-order valence-electron chi connectivity index (χ0n) is 21.5. The van der Waals surface area contributed by atoms with Crippen LogP contribution in [0, 0.1) is 0 Å². The van der Waals surface area contributed by atoms with Gasteiger partial charge in [-0.2, -0.15) is 0 Å². The summed E-state index contributed by atoms with van der Waals surface area (Å²) in [4.78, 5) is 12.7. The van der Waals surface area contributed by atoms with Crippen molar-refractivity contribution >= 4 is 11.5 Å². The van der Waals surface area contributed by atoms with E-state index in [1.807, 2.05) is 79.7 Å². The fraction of sp³-hybridized carbons (Fsp3) is 0.226. The Hall–Kier alpha value is -4.25. The molecule has 0 spiro atoms. The molecule has 3 aromatic carbocycles. The summed E-state index contributed by atoms with van der Waals surface area (Å²) in [6, 6.07) is 21.0. The highest BCUT2D eigenvalue weighted by atomic mass is 16.5. The monoisotopic (exact) mass is 496 g/mol. The number of allylic oxidation sites excluding steroid dienone is 1. The van der Waals surface area contributed by atoms with E-state index in [0.717, 1.165) is 33.4 Å². The van der Waals surface area contributed by atoms with Gasteiger partial charge in [0.05, 0.1) is 34.0 Å². The molecule has 1 unspecified atom stereocenters. The quantitative estimate of drug-likeness (QED) is 0.402. The zero-order valence-corrected chi connectivity index (χ0v) is 21.5. The van der Waals surface area contributed by atoms with E-state index >= 15 is 0 Å². The van der Waals surface area contributed by atoms with Crippen LogP contribution in [0.5, 0.6) is 17.2 Å². The average Bonchev–Trinajstić information content (AvgIpc) is 2.96. The van der Waals surface area contributed by atoms with E-state index in [0.29, 0.717) is 28.6 Å². The van der Waals surface area contributed by atoms with Gasteiger partial charge in [0.15, 0.2) is 5.60 Å². The molecular formula is C31H28O6. The summed E-state index contributed by atoms with van der Waals surface area (Å²) < 4.78 is 29.3. The van der Waals surface area contributed by atoms with Crippen molar-refractivity contribution < 1.29 is 28.5 Å². The zero-order chi connectivity index (χ0) is 26.2. The molecule has 0 amide bonds. The predicted molar refractivity (Wildman–Crippen MR) is 140 cm³/mol. The molecule has 2 aliphatic rings. The van der Waals surface area contributed by atoms with Crippen molar-refractivity contribution in [1.82, 2.24) is 0 Å². The van der Waals surface area contributed by atoms with Gasteiger partial charge in [-0.05, 0) is 77.2 Å². The molecular weight excluding hydrogens is 468 g/mol. The number of rotatable bonds is 6. The fourth-order valence-electron chi connectivity index (χ4n) is 5.25. The van der Waals surface area contributed by atoms with Crippen LogP contribution in [0.2, 0.25) is 0 Å².